The van der Waals surface area contributed by atoms with Gasteiger partial charge in [-0.15, -0.1) is 0 Å². The van der Waals surface area contributed by atoms with Crippen LogP contribution in [-0.2, 0) is 4.74 Å². The highest BCUT2D eigenvalue weighted by atomic mass is 35.5. The van der Waals surface area contributed by atoms with Gasteiger partial charge in [0.15, 0.2) is 5.65 Å². The number of rotatable bonds is 4. The zero-order chi connectivity index (χ0) is 23.9. The number of piperidine rings is 1. The van der Waals surface area contributed by atoms with Gasteiger partial charge in [0.25, 0.3) is 5.91 Å². The number of carbonyl (C=O) groups is 1. The van der Waals surface area contributed by atoms with Gasteiger partial charge in [0.1, 0.15) is 5.82 Å². The molecular formula is C26H31ClN6O2. The van der Waals surface area contributed by atoms with Crippen LogP contribution in [0.5, 0.6) is 0 Å². The first-order chi connectivity index (χ1) is 17.1. The van der Waals surface area contributed by atoms with E-state index in [0.29, 0.717) is 41.9 Å². The number of hydrogen-bond donors (Lipinski definition) is 1. The fourth-order valence-electron chi connectivity index (χ4n) is 5.44. The lowest BCUT2D eigenvalue weighted by Crippen LogP contribution is -2.39. The van der Waals surface area contributed by atoms with Gasteiger partial charge in [0.2, 0.25) is 0 Å². The Bertz CT molecular complexity index is 1250. The number of fused-ring (bicyclic) bond motifs is 1. The van der Waals surface area contributed by atoms with Gasteiger partial charge < -0.3 is 20.3 Å². The Morgan fingerprint density at radius 1 is 1.00 bits per heavy atom. The summed E-state index contributed by atoms with van der Waals surface area (Å²) in [6, 6.07) is 9.24. The third kappa shape index (κ3) is 4.23. The lowest BCUT2D eigenvalue weighted by molar-refractivity contribution is 0.0607. The molecule has 0 spiro atoms. The normalized spacial score (nSPS) is 21.3. The van der Waals surface area contributed by atoms with E-state index in [1.165, 1.54) is 19.3 Å². The van der Waals surface area contributed by atoms with E-state index in [1.54, 1.807) is 18.2 Å². The maximum atomic E-state index is 13.6. The minimum atomic E-state index is -0.124. The topological polar surface area (TPSA) is 89.0 Å². The fraction of sp³-hybridized carbons (Fsp3) is 0.500. The van der Waals surface area contributed by atoms with E-state index in [4.69, 9.17) is 32.2 Å². The van der Waals surface area contributed by atoms with Gasteiger partial charge in [-0.1, -0.05) is 18.0 Å². The summed E-state index contributed by atoms with van der Waals surface area (Å²) in [4.78, 5) is 22.9. The molecule has 1 atom stereocenters. The Morgan fingerprint density at radius 2 is 1.83 bits per heavy atom. The second-order valence-electron chi connectivity index (χ2n) is 9.85. The second-order valence-corrected chi connectivity index (χ2v) is 10.3. The third-order valence-electron chi connectivity index (χ3n) is 7.66. The van der Waals surface area contributed by atoms with Crippen LogP contribution in [0.1, 0.15) is 72.2 Å². The van der Waals surface area contributed by atoms with E-state index >= 15 is 0 Å². The van der Waals surface area contributed by atoms with Crippen LogP contribution in [0.3, 0.4) is 0 Å². The molecule has 2 saturated heterocycles. The number of hydrogen-bond acceptors (Lipinski definition) is 6. The first-order valence-corrected chi connectivity index (χ1v) is 13.1. The van der Waals surface area contributed by atoms with E-state index in [2.05, 4.69) is 17.0 Å². The van der Waals surface area contributed by atoms with E-state index in [0.717, 1.165) is 55.2 Å². The number of nitrogen functional groups attached to an aromatic ring is 1. The number of nitrogens with zero attached hydrogens (tertiary/aromatic N) is 5. The van der Waals surface area contributed by atoms with Gasteiger partial charge in [-0.2, -0.15) is 9.61 Å². The largest absolute Gasteiger partial charge is 0.398 e. The SMILES string of the molecule is Nc1ccc(Cl)cc1C(=O)N1CCCCC1c1cc2nc(C3CCC3)cc(N3CCOCC3)n2n1. The van der Waals surface area contributed by atoms with Gasteiger partial charge in [-0.25, -0.2) is 4.98 Å². The number of anilines is 2. The molecule has 3 aromatic rings. The molecule has 1 amide bonds. The molecule has 1 saturated carbocycles. The molecule has 1 aromatic carbocycles. The summed E-state index contributed by atoms with van der Waals surface area (Å²) in [6.07, 6.45) is 6.51. The average molecular weight is 495 g/mol. The fourth-order valence-corrected chi connectivity index (χ4v) is 5.61. The lowest BCUT2D eigenvalue weighted by Gasteiger charge is -2.35. The number of aromatic nitrogens is 3. The number of carbonyl (C=O) groups excluding carboxylic acids is 1. The molecule has 9 heteroatoms. The second kappa shape index (κ2) is 9.32. The maximum Gasteiger partial charge on any atom is 0.256 e. The summed E-state index contributed by atoms with van der Waals surface area (Å²) in [5.41, 5.74) is 9.94. The van der Waals surface area contributed by atoms with Crippen molar-refractivity contribution in [1.29, 1.82) is 0 Å². The van der Waals surface area contributed by atoms with E-state index in [9.17, 15) is 4.79 Å². The summed E-state index contributed by atoms with van der Waals surface area (Å²) >= 11 is 6.19. The third-order valence-corrected chi connectivity index (χ3v) is 7.89. The molecule has 2 N–H and O–H groups in total. The molecule has 1 unspecified atom stereocenters. The number of likely N-dealkylation sites (tertiary alicyclic amines) is 1. The van der Waals surface area contributed by atoms with Crippen molar-refractivity contribution in [2.75, 3.05) is 43.5 Å². The van der Waals surface area contributed by atoms with Crippen molar-refractivity contribution in [1.82, 2.24) is 19.5 Å². The van der Waals surface area contributed by atoms with Crippen molar-refractivity contribution in [2.45, 2.75) is 50.5 Å². The summed E-state index contributed by atoms with van der Waals surface area (Å²) in [5, 5.41) is 5.55. The van der Waals surface area contributed by atoms with Crippen LogP contribution in [0.25, 0.3) is 5.65 Å². The molecule has 35 heavy (non-hydrogen) atoms. The molecule has 3 fully saturated rings. The Kier molecular flexibility index (Phi) is 6.02. The average Bonchev–Trinajstić information content (AvgIpc) is 3.28. The van der Waals surface area contributed by atoms with Crippen LogP contribution < -0.4 is 10.6 Å². The van der Waals surface area contributed by atoms with Crippen molar-refractivity contribution in [3.63, 3.8) is 0 Å². The van der Waals surface area contributed by atoms with Crippen LogP contribution in [-0.4, -0.2) is 58.3 Å². The van der Waals surface area contributed by atoms with Crippen molar-refractivity contribution >= 4 is 34.7 Å². The number of morpholine rings is 1. The Morgan fingerprint density at radius 3 is 2.60 bits per heavy atom. The van der Waals surface area contributed by atoms with Crippen molar-refractivity contribution in [3.8, 4) is 0 Å². The molecule has 3 aliphatic rings. The van der Waals surface area contributed by atoms with E-state index < -0.39 is 0 Å². The minimum absolute atomic E-state index is 0.0942. The van der Waals surface area contributed by atoms with E-state index in [-0.39, 0.29) is 11.9 Å². The monoisotopic (exact) mass is 494 g/mol. The Hall–Kier alpha value is -2.84. The zero-order valence-corrected chi connectivity index (χ0v) is 20.6. The van der Waals surface area contributed by atoms with Crippen LogP contribution in [0.2, 0.25) is 5.02 Å². The highest BCUT2D eigenvalue weighted by Gasteiger charge is 2.33. The van der Waals surface area contributed by atoms with Gasteiger partial charge >= 0.3 is 0 Å². The van der Waals surface area contributed by atoms with Crippen molar-refractivity contribution < 1.29 is 9.53 Å². The zero-order valence-electron chi connectivity index (χ0n) is 19.8. The number of halogens is 1. The van der Waals surface area contributed by atoms with E-state index in [1.807, 2.05) is 9.42 Å². The molecule has 0 radical (unpaired) electrons. The van der Waals surface area contributed by atoms with Gasteiger partial charge in [0.05, 0.1) is 30.5 Å². The molecule has 184 valence electrons. The first kappa shape index (κ1) is 22.6. The molecular weight excluding hydrogens is 464 g/mol. The number of nitrogens with two attached hydrogens (primary N) is 1. The molecule has 2 aliphatic heterocycles. The highest BCUT2D eigenvalue weighted by molar-refractivity contribution is 6.31. The van der Waals surface area contributed by atoms with Crippen molar-refractivity contribution in [3.05, 3.63) is 52.3 Å². The van der Waals surface area contributed by atoms with Crippen LogP contribution in [0.15, 0.2) is 30.3 Å². The minimum Gasteiger partial charge on any atom is -0.398 e. The quantitative estimate of drug-likeness (QED) is 0.539. The van der Waals surface area contributed by atoms with Gasteiger partial charge in [0, 0.05) is 54.1 Å². The van der Waals surface area contributed by atoms with Crippen molar-refractivity contribution in [2.24, 2.45) is 0 Å². The smallest absolute Gasteiger partial charge is 0.256 e. The number of amides is 1. The number of ether oxygens (including phenoxy) is 1. The lowest BCUT2D eigenvalue weighted by atomic mass is 9.83. The number of benzene rings is 1. The molecule has 2 aromatic heterocycles. The Labute approximate surface area is 210 Å². The Balaban J connectivity index is 1.39. The highest BCUT2D eigenvalue weighted by Crippen LogP contribution is 2.38. The van der Waals surface area contributed by atoms with Crippen LogP contribution in [0.4, 0.5) is 11.5 Å². The van der Waals surface area contributed by atoms with Gasteiger partial charge in [-0.05, 0) is 50.3 Å². The predicted octanol–water partition coefficient (Wildman–Crippen LogP) is 4.44. The molecule has 8 nitrogen and oxygen atoms in total. The summed E-state index contributed by atoms with van der Waals surface area (Å²) in [5.74, 6) is 1.50. The molecule has 1 aliphatic carbocycles. The summed E-state index contributed by atoms with van der Waals surface area (Å²) in [7, 11) is 0. The van der Waals surface area contributed by atoms with Gasteiger partial charge in [-0.3, -0.25) is 4.79 Å². The molecule has 4 heterocycles. The summed E-state index contributed by atoms with van der Waals surface area (Å²) < 4.78 is 7.56. The predicted molar refractivity (Wildman–Crippen MR) is 136 cm³/mol. The standard InChI is InChI=1S/C26H31ClN6O2/c27-18-7-8-20(28)19(14-18)26(34)32-9-2-1-6-23(32)22-15-24-29-21(17-4-3-5-17)16-25(33(24)30-22)31-10-12-35-13-11-31/h7-8,14-17,23H,1-6,9-13,28H2. The molecule has 0 bridgehead atoms. The van der Waals surface area contributed by atoms with Crippen LogP contribution in [0, 0.1) is 0 Å². The maximum absolute atomic E-state index is 13.6. The summed E-state index contributed by atoms with van der Waals surface area (Å²) in [6.45, 7) is 3.76. The first-order valence-electron chi connectivity index (χ1n) is 12.7. The van der Waals surface area contributed by atoms with Crippen LogP contribution >= 0.6 is 11.6 Å². The molecule has 6 rings (SSSR count).